The van der Waals surface area contributed by atoms with E-state index in [0.29, 0.717) is 13.0 Å². The lowest BCUT2D eigenvalue weighted by Crippen LogP contribution is -2.38. The molecule has 2 amide bonds. The van der Waals surface area contributed by atoms with Crippen LogP contribution in [0.4, 0.5) is 4.79 Å². The number of aromatic nitrogens is 3. The van der Waals surface area contributed by atoms with Gasteiger partial charge in [-0.3, -0.25) is 0 Å². The molecule has 0 radical (unpaired) electrons. The van der Waals surface area contributed by atoms with Gasteiger partial charge in [0.05, 0.1) is 6.04 Å². The van der Waals surface area contributed by atoms with Crippen molar-refractivity contribution in [3.05, 3.63) is 12.2 Å². The smallest absolute Gasteiger partial charge is 0.315 e. The number of carbonyl (C=O) groups excluding carboxylic acids is 1. The summed E-state index contributed by atoms with van der Waals surface area (Å²) in [4.78, 5) is 15.7. The van der Waals surface area contributed by atoms with Gasteiger partial charge in [0.15, 0.2) is 0 Å². The molecule has 0 aromatic carbocycles. The molecule has 1 atom stereocenters. The highest BCUT2D eigenvalue weighted by Crippen LogP contribution is 2.08. The van der Waals surface area contributed by atoms with E-state index in [1.807, 2.05) is 6.92 Å². The molecule has 0 aliphatic heterocycles. The van der Waals surface area contributed by atoms with Gasteiger partial charge in [0, 0.05) is 19.7 Å². The van der Waals surface area contributed by atoms with Crippen LogP contribution in [0.1, 0.15) is 38.6 Å². The maximum absolute atomic E-state index is 11.5. The topological polar surface area (TPSA) is 92.1 Å². The van der Waals surface area contributed by atoms with Gasteiger partial charge >= 0.3 is 6.03 Å². The van der Waals surface area contributed by atoms with Gasteiger partial charge in [-0.15, -0.1) is 0 Å². The molecule has 0 fully saturated rings. The number of urea groups is 1. The predicted molar refractivity (Wildman–Crippen MR) is 67.0 cm³/mol. The third-order valence-electron chi connectivity index (χ3n) is 2.44. The van der Waals surface area contributed by atoms with Gasteiger partial charge in [-0.1, -0.05) is 6.92 Å². The number of amides is 2. The number of nitrogens with one attached hydrogen (secondary N) is 2. The van der Waals surface area contributed by atoms with Crippen LogP contribution in [0.2, 0.25) is 0 Å². The van der Waals surface area contributed by atoms with E-state index in [4.69, 9.17) is 5.11 Å². The molecule has 1 aromatic rings. The first-order valence-electron chi connectivity index (χ1n) is 6.22. The molecule has 1 aromatic heterocycles. The van der Waals surface area contributed by atoms with Crippen molar-refractivity contribution < 1.29 is 9.90 Å². The fourth-order valence-electron chi connectivity index (χ4n) is 1.59. The Morgan fingerprint density at radius 2 is 2.39 bits per heavy atom. The van der Waals surface area contributed by atoms with Gasteiger partial charge in [0.25, 0.3) is 0 Å². The molecule has 7 nitrogen and oxygen atoms in total. The fourth-order valence-corrected chi connectivity index (χ4v) is 1.59. The third-order valence-corrected chi connectivity index (χ3v) is 2.44. The first-order valence-corrected chi connectivity index (χ1v) is 6.22. The van der Waals surface area contributed by atoms with Crippen LogP contribution in [0.5, 0.6) is 0 Å². The summed E-state index contributed by atoms with van der Waals surface area (Å²) in [6.45, 7) is 5.23. The van der Waals surface area contributed by atoms with E-state index in [1.165, 1.54) is 6.33 Å². The van der Waals surface area contributed by atoms with Crippen LogP contribution in [0.25, 0.3) is 0 Å². The Balaban J connectivity index is 2.46. The van der Waals surface area contributed by atoms with Gasteiger partial charge < -0.3 is 15.7 Å². The van der Waals surface area contributed by atoms with Crippen molar-refractivity contribution in [2.75, 3.05) is 13.2 Å². The zero-order valence-electron chi connectivity index (χ0n) is 10.9. The average Bonchev–Trinajstić information content (AvgIpc) is 2.78. The van der Waals surface area contributed by atoms with E-state index < -0.39 is 0 Å². The summed E-state index contributed by atoms with van der Waals surface area (Å²) < 4.78 is 1.79. The summed E-state index contributed by atoms with van der Waals surface area (Å²) in [5.41, 5.74) is 0. The van der Waals surface area contributed by atoms with Crippen LogP contribution in [0.3, 0.4) is 0 Å². The fraction of sp³-hybridized carbons (Fsp3) is 0.727. The Morgan fingerprint density at radius 3 is 3.06 bits per heavy atom. The molecular formula is C11H21N5O2. The minimum absolute atomic E-state index is 0.0701. The van der Waals surface area contributed by atoms with Crippen molar-refractivity contribution >= 4 is 6.03 Å². The minimum atomic E-state index is -0.262. The van der Waals surface area contributed by atoms with Gasteiger partial charge in [0.1, 0.15) is 12.2 Å². The SMILES string of the molecule is CCCn1ncnc1[C@H](C)NC(=O)NCCCO. The average molecular weight is 255 g/mol. The summed E-state index contributed by atoms with van der Waals surface area (Å²) in [5.74, 6) is 0.745. The first kappa shape index (κ1) is 14.4. The molecule has 3 N–H and O–H groups in total. The van der Waals surface area contributed by atoms with Crippen LogP contribution >= 0.6 is 0 Å². The maximum atomic E-state index is 11.5. The highest BCUT2D eigenvalue weighted by atomic mass is 16.3. The van der Waals surface area contributed by atoms with E-state index in [1.54, 1.807) is 4.68 Å². The first-order chi connectivity index (χ1) is 8.69. The Kier molecular flexibility index (Phi) is 6.13. The Bertz CT molecular complexity index is 366. The molecule has 0 aliphatic rings. The second-order valence-corrected chi connectivity index (χ2v) is 4.04. The maximum Gasteiger partial charge on any atom is 0.315 e. The standard InChI is InChI=1S/C11H21N5O2/c1-3-6-16-10(13-8-14-16)9(2)15-11(18)12-5-4-7-17/h8-9,17H,3-7H2,1-2H3,(H2,12,15,18)/t9-/m0/s1. The number of rotatable bonds is 7. The van der Waals surface area contributed by atoms with Crippen molar-refractivity contribution in [1.29, 1.82) is 0 Å². The van der Waals surface area contributed by atoms with Crippen LogP contribution in [-0.2, 0) is 6.54 Å². The van der Waals surface area contributed by atoms with Gasteiger partial charge in [-0.2, -0.15) is 5.10 Å². The van der Waals surface area contributed by atoms with E-state index in [0.717, 1.165) is 18.8 Å². The van der Waals surface area contributed by atoms with E-state index >= 15 is 0 Å². The zero-order chi connectivity index (χ0) is 13.4. The molecule has 102 valence electrons. The lowest BCUT2D eigenvalue weighted by atomic mass is 10.3. The Morgan fingerprint density at radius 1 is 1.61 bits per heavy atom. The molecule has 1 heterocycles. The molecular weight excluding hydrogens is 234 g/mol. The number of carbonyl (C=O) groups is 1. The molecule has 0 saturated carbocycles. The molecule has 0 saturated heterocycles. The molecule has 7 heteroatoms. The highest BCUT2D eigenvalue weighted by molar-refractivity contribution is 5.74. The summed E-state index contributed by atoms with van der Waals surface area (Å²) in [6, 6.07) is -0.463. The molecule has 18 heavy (non-hydrogen) atoms. The van der Waals surface area contributed by atoms with Crippen molar-refractivity contribution in [3.8, 4) is 0 Å². The lowest BCUT2D eigenvalue weighted by Gasteiger charge is -2.14. The zero-order valence-corrected chi connectivity index (χ0v) is 10.9. The van der Waals surface area contributed by atoms with E-state index in [2.05, 4.69) is 27.6 Å². The number of aliphatic hydroxyl groups is 1. The van der Waals surface area contributed by atoms with Crippen molar-refractivity contribution in [3.63, 3.8) is 0 Å². The van der Waals surface area contributed by atoms with Crippen molar-refractivity contribution in [1.82, 2.24) is 25.4 Å². The van der Waals surface area contributed by atoms with Gasteiger partial charge in [-0.25, -0.2) is 14.5 Å². The molecule has 0 bridgehead atoms. The minimum Gasteiger partial charge on any atom is -0.396 e. The van der Waals surface area contributed by atoms with Gasteiger partial charge in [0.2, 0.25) is 0 Å². The predicted octanol–water partition coefficient (Wildman–Crippen LogP) is 0.431. The number of hydrogen-bond donors (Lipinski definition) is 3. The molecule has 0 unspecified atom stereocenters. The Hall–Kier alpha value is -1.63. The summed E-state index contributed by atoms with van der Waals surface area (Å²) in [5, 5.41) is 18.2. The summed E-state index contributed by atoms with van der Waals surface area (Å²) in [7, 11) is 0. The second-order valence-electron chi connectivity index (χ2n) is 4.04. The lowest BCUT2D eigenvalue weighted by molar-refractivity contribution is 0.234. The quantitative estimate of drug-likeness (QED) is 0.616. The largest absolute Gasteiger partial charge is 0.396 e. The molecule has 1 rings (SSSR count). The molecule has 0 spiro atoms. The monoisotopic (exact) mass is 255 g/mol. The third kappa shape index (κ3) is 4.33. The number of aryl methyl sites for hydroxylation is 1. The van der Waals surface area contributed by atoms with E-state index in [9.17, 15) is 4.79 Å². The number of aliphatic hydroxyl groups excluding tert-OH is 1. The van der Waals surface area contributed by atoms with Crippen LogP contribution < -0.4 is 10.6 Å². The van der Waals surface area contributed by atoms with Crippen molar-refractivity contribution in [2.45, 2.75) is 39.3 Å². The number of hydrogen-bond acceptors (Lipinski definition) is 4. The van der Waals surface area contributed by atoms with Gasteiger partial charge in [-0.05, 0) is 19.8 Å². The van der Waals surface area contributed by atoms with E-state index in [-0.39, 0.29) is 18.7 Å². The second kappa shape index (κ2) is 7.65. The van der Waals surface area contributed by atoms with Crippen LogP contribution in [0, 0.1) is 0 Å². The van der Waals surface area contributed by atoms with Crippen molar-refractivity contribution in [2.24, 2.45) is 0 Å². The normalized spacial score (nSPS) is 12.2. The summed E-state index contributed by atoms with van der Waals surface area (Å²) >= 11 is 0. The van der Waals surface area contributed by atoms with Crippen LogP contribution in [-0.4, -0.2) is 39.1 Å². The van der Waals surface area contributed by atoms with Crippen LogP contribution in [0.15, 0.2) is 6.33 Å². The number of nitrogens with zero attached hydrogens (tertiary/aromatic N) is 3. The molecule has 0 aliphatic carbocycles. The highest BCUT2D eigenvalue weighted by Gasteiger charge is 2.14. The Labute approximate surface area is 107 Å². The summed E-state index contributed by atoms with van der Waals surface area (Å²) in [6.07, 6.45) is 3.01.